The molecule has 0 spiro atoms. The second-order valence-corrected chi connectivity index (χ2v) is 5.76. The molecule has 0 aromatic carbocycles. The van der Waals surface area contributed by atoms with Gasteiger partial charge < -0.3 is 10.2 Å². The predicted octanol–water partition coefficient (Wildman–Crippen LogP) is 0.822. The summed E-state index contributed by atoms with van der Waals surface area (Å²) in [5.74, 6) is 1.78. The summed E-state index contributed by atoms with van der Waals surface area (Å²) >= 11 is 1.66. The zero-order valence-corrected chi connectivity index (χ0v) is 10.5. The molecule has 90 valence electrons. The summed E-state index contributed by atoms with van der Waals surface area (Å²) in [6, 6.07) is -0.114. The first-order chi connectivity index (χ1) is 7.59. The Morgan fingerprint density at radius 2 is 2.06 bits per heavy atom. The Morgan fingerprint density at radius 3 is 2.62 bits per heavy atom. The van der Waals surface area contributed by atoms with E-state index in [2.05, 4.69) is 5.32 Å². The van der Waals surface area contributed by atoms with Crippen LogP contribution < -0.4 is 5.32 Å². The van der Waals surface area contributed by atoms with Crippen LogP contribution in [0.3, 0.4) is 0 Å². The third kappa shape index (κ3) is 2.51. The van der Waals surface area contributed by atoms with Crippen molar-refractivity contribution in [1.29, 1.82) is 0 Å². The van der Waals surface area contributed by atoms with Crippen molar-refractivity contribution in [3.05, 3.63) is 0 Å². The smallest absolute Gasteiger partial charge is 0.243 e. The second-order valence-electron chi connectivity index (χ2n) is 4.76. The Bertz CT molecular complexity index is 302. The van der Waals surface area contributed by atoms with Crippen LogP contribution in [0.25, 0.3) is 0 Å². The molecule has 16 heavy (non-hydrogen) atoms. The fourth-order valence-electron chi connectivity index (χ4n) is 1.82. The lowest BCUT2D eigenvalue weighted by molar-refractivity contribution is -0.139. The summed E-state index contributed by atoms with van der Waals surface area (Å²) in [6.07, 6.45) is 2.00. The van der Waals surface area contributed by atoms with Crippen molar-refractivity contribution < 1.29 is 9.59 Å². The molecule has 1 saturated carbocycles. The molecule has 1 N–H and O–H groups in total. The average Bonchev–Trinajstić information content (AvgIpc) is 2.93. The normalized spacial score (nSPS) is 24.9. The van der Waals surface area contributed by atoms with Crippen molar-refractivity contribution in [2.24, 2.45) is 5.92 Å². The first-order valence-electron chi connectivity index (χ1n) is 5.78. The van der Waals surface area contributed by atoms with Gasteiger partial charge in [0, 0.05) is 17.7 Å². The molecule has 1 aliphatic carbocycles. The molecule has 0 aromatic rings. The van der Waals surface area contributed by atoms with E-state index in [4.69, 9.17) is 0 Å². The Morgan fingerprint density at radius 1 is 1.38 bits per heavy atom. The van der Waals surface area contributed by atoms with Crippen LogP contribution >= 0.6 is 11.8 Å². The lowest BCUT2D eigenvalue weighted by atomic mass is 10.2. The predicted molar refractivity (Wildman–Crippen MR) is 64.0 cm³/mol. The Hall–Kier alpha value is -0.710. The van der Waals surface area contributed by atoms with E-state index in [9.17, 15) is 9.59 Å². The maximum Gasteiger partial charge on any atom is 0.243 e. The SMILES string of the molecule is CC(C)NC(=O)C1CSCN1C(=O)C1CC1. The summed E-state index contributed by atoms with van der Waals surface area (Å²) in [7, 11) is 0. The minimum Gasteiger partial charge on any atom is -0.352 e. The largest absolute Gasteiger partial charge is 0.352 e. The van der Waals surface area contributed by atoms with Crippen molar-refractivity contribution in [2.45, 2.75) is 38.8 Å². The molecule has 1 atom stereocenters. The summed E-state index contributed by atoms with van der Waals surface area (Å²) in [4.78, 5) is 25.6. The van der Waals surface area contributed by atoms with Gasteiger partial charge in [0.05, 0.1) is 5.88 Å². The standard InChI is InChI=1S/C11H18N2O2S/c1-7(2)12-10(14)9-5-16-6-13(9)11(15)8-3-4-8/h7-9H,3-6H2,1-2H3,(H,12,14). The number of carbonyl (C=O) groups is 2. The van der Waals surface area contributed by atoms with Crippen LogP contribution in [0.1, 0.15) is 26.7 Å². The number of nitrogens with one attached hydrogen (secondary N) is 1. The molecule has 1 unspecified atom stereocenters. The number of thioether (sulfide) groups is 1. The molecule has 4 nitrogen and oxygen atoms in total. The highest BCUT2D eigenvalue weighted by atomic mass is 32.2. The number of hydrogen-bond acceptors (Lipinski definition) is 3. The fourth-order valence-corrected chi connectivity index (χ4v) is 2.99. The molecule has 1 aliphatic heterocycles. The molecule has 5 heteroatoms. The lowest BCUT2D eigenvalue weighted by Crippen LogP contribution is -2.49. The highest BCUT2D eigenvalue weighted by molar-refractivity contribution is 7.99. The van der Waals surface area contributed by atoms with E-state index in [0.717, 1.165) is 18.6 Å². The number of nitrogens with zero attached hydrogens (tertiary/aromatic N) is 1. The minimum absolute atomic E-state index is 0.00556. The zero-order valence-electron chi connectivity index (χ0n) is 9.73. The van der Waals surface area contributed by atoms with Crippen molar-refractivity contribution in [3.63, 3.8) is 0 Å². The van der Waals surface area contributed by atoms with E-state index in [1.807, 2.05) is 13.8 Å². The number of amides is 2. The third-order valence-corrected chi connectivity index (χ3v) is 3.84. The van der Waals surface area contributed by atoms with Gasteiger partial charge in [-0.1, -0.05) is 0 Å². The molecule has 1 saturated heterocycles. The molecule has 0 aromatic heterocycles. The van der Waals surface area contributed by atoms with Crippen LogP contribution in [-0.4, -0.2) is 40.4 Å². The Kier molecular flexibility index (Phi) is 3.42. The van der Waals surface area contributed by atoms with Crippen LogP contribution in [0.4, 0.5) is 0 Å². The van der Waals surface area contributed by atoms with Gasteiger partial charge in [0.1, 0.15) is 6.04 Å². The van der Waals surface area contributed by atoms with Gasteiger partial charge in [-0.2, -0.15) is 0 Å². The second kappa shape index (κ2) is 4.65. The molecular formula is C11H18N2O2S. The van der Waals surface area contributed by atoms with Crippen molar-refractivity contribution in [3.8, 4) is 0 Å². The summed E-state index contributed by atoms with van der Waals surface area (Å²) < 4.78 is 0. The van der Waals surface area contributed by atoms with Gasteiger partial charge in [0.25, 0.3) is 0 Å². The number of hydrogen-bond donors (Lipinski definition) is 1. The first kappa shape index (κ1) is 11.8. The molecule has 0 radical (unpaired) electrons. The summed E-state index contributed by atoms with van der Waals surface area (Å²) in [6.45, 7) is 3.88. The molecule has 0 bridgehead atoms. The summed E-state index contributed by atoms with van der Waals surface area (Å²) in [5.41, 5.74) is 0. The van der Waals surface area contributed by atoms with E-state index in [1.165, 1.54) is 0 Å². The van der Waals surface area contributed by atoms with Crippen LogP contribution in [0.15, 0.2) is 0 Å². The highest BCUT2D eigenvalue weighted by Crippen LogP contribution is 2.34. The fraction of sp³-hybridized carbons (Fsp3) is 0.818. The Labute approximate surface area is 100 Å². The van der Waals surface area contributed by atoms with Gasteiger partial charge in [-0.15, -0.1) is 11.8 Å². The van der Waals surface area contributed by atoms with Gasteiger partial charge in [-0.25, -0.2) is 0 Å². The van der Waals surface area contributed by atoms with E-state index in [1.54, 1.807) is 16.7 Å². The Balaban J connectivity index is 1.96. The van der Waals surface area contributed by atoms with Crippen LogP contribution in [0.5, 0.6) is 0 Å². The van der Waals surface area contributed by atoms with Gasteiger partial charge in [0.2, 0.25) is 11.8 Å². The van der Waals surface area contributed by atoms with Gasteiger partial charge in [-0.05, 0) is 26.7 Å². The van der Waals surface area contributed by atoms with Gasteiger partial charge >= 0.3 is 0 Å². The highest BCUT2D eigenvalue weighted by Gasteiger charge is 2.41. The van der Waals surface area contributed by atoms with E-state index in [0.29, 0.717) is 5.88 Å². The summed E-state index contributed by atoms with van der Waals surface area (Å²) in [5, 5.41) is 2.88. The molecule has 2 amide bonds. The number of rotatable bonds is 3. The van der Waals surface area contributed by atoms with Crippen LogP contribution in [-0.2, 0) is 9.59 Å². The van der Waals surface area contributed by atoms with Gasteiger partial charge in [0.15, 0.2) is 0 Å². The van der Waals surface area contributed by atoms with Crippen LogP contribution in [0, 0.1) is 5.92 Å². The molecule has 2 fully saturated rings. The number of carbonyl (C=O) groups excluding carboxylic acids is 2. The van der Waals surface area contributed by atoms with E-state index < -0.39 is 0 Å². The van der Waals surface area contributed by atoms with E-state index >= 15 is 0 Å². The van der Waals surface area contributed by atoms with Crippen molar-refractivity contribution in [2.75, 3.05) is 11.6 Å². The monoisotopic (exact) mass is 242 g/mol. The molecule has 1 heterocycles. The van der Waals surface area contributed by atoms with E-state index in [-0.39, 0.29) is 29.8 Å². The zero-order chi connectivity index (χ0) is 11.7. The quantitative estimate of drug-likeness (QED) is 0.797. The maximum absolute atomic E-state index is 11.9. The first-order valence-corrected chi connectivity index (χ1v) is 6.93. The molecule has 2 aliphatic rings. The minimum atomic E-state index is -0.250. The third-order valence-electron chi connectivity index (χ3n) is 2.83. The van der Waals surface area contributed by atoms with Crippen molar-refractivity contribution in [1.82, 2.24) is 10.2 Å². The average molecular weight is 242 g/mol. The molecule has 2 rings (SSSR count). The van der Waals surface area contributed by atoms with Gasteiger partial charge in [-0.3, -0.25) is 9.59 Å². The molecular weight excluding hydrogens is 224 g/mol. The lowest BCUT2D eigenvalue weighted by Gasteiger charge is -2.23. The van der Waals surface area contributed by atoms with Crippen molar-refractivity contribution >= 4 is 23.6 Å². The topological polar surface area (TPSA) is 49.4 Å². The maximum atomic E-state index is 11.9. The van der Waals surface area contributed by atoms with Crippen LogP contribution in [0.2, 0.25) is 0 Å².